The monoisotopic (exact) mass is 445 g/mol. The van der Waals surface area contributed by atoms with Gasteiger partial charge in [0, 0.05) is 18.0 Å². The fourth-order valence-corrected chi connectivity index (χ4v) is 4.64. The van der Waals surface area contributed by atoms with Crippen molar-refractivity contribution in [3.63, 3.8) is 0 Å². The van der Waals surface area contributed by atoms with Crippen molar-refractivity contribution in [2.45, 2.75) is 33.4 Å². The van der Waals surface area contributed by atoms with Gasteiger partial charge in [0.1, 0.15) is 5.00 Å². The molecule has 0 saturated carbocycles. The Labute approximate surface area is 185 Å². The maximum atomic E-state index is 12.6. The average Bonchev–Trinajstić information content (AvgIpc) is 3.11. The molecule has 0 fully saturated rings. The van der Waals surface area contributed by atoms with Crippen molar-refractivity contribution in [1.29, 1.82) is 0 Å². The molecular formula is C22H27N3O5S. The van der Waals surface area contributed by atoms with Gasteiger partial charge in [0.2, 0.25) is 5.91 Å². The molecule has 1 aromatic carbocycles. The first-order valence-corrected chi connectivity index (χ1v) is 11.1. The highest BCUT2D eigenvalue weighted by molar-refractivity contribution is 7.17. The molecule has 1 aliphatic rings. The topological polar surface area (TPSA) is 97.0 Å². The highest BCUT2D eigenvalue weighted by Crippen LogP contribution is 2.37. The third kappa shape index (κ3) is 5.83. The molecule has 2 N–H and O–H groups in total. The van der Waals surface area contributed by atoms with E-state index in [0.717, 1.165) is 16.0 Å². The van der Waals surface area contributed by atoms with Crippen molar-refractivity contribution in [2.75, 3.05) is 31.6 Å². The summed E-state index contributed by atoms with van der Waals surface area (Å²) in [5.74, 6) is -0.709. The minimum atomic E-state index is -0.461. The Morgan fingerprint density at radius 3 is 2.55 bits per heavy atom. The van der Waals surface area contributed by atoms with Crippen LogP contribution in [-0.2, 0) is 33.8 Å². The number of rotatable bonds is 8. The lowest BCUT2D eigenvalue weighted by molar-refractivity contribution is -0.115. The number of carbonyl (C=O) groups is 3. The summed E-state index contributed by atoms with van der Waals surface area (Å²) in [5.41, 5.74) is 2.30. The Hall–Kier alpha value is -2.91. The van der Waals surface area contributed by atoms with E-state index < -0.39 is 5.97 Å². The second kappa shape index (κ2) is 10.9. The molecule has 2 heterocycles. The Morgan fingerprint density at radius 2 is 1.84 bits per heavy atom. The van der Waals surface area contributed by atoms with Crippen LogP contribution >= 0.6 is 11.3 Å². The fraction of sp³-hybridized carbons (Fsp3) is 0.409. The first kappa shape index (κ1) is 22.8. The Balaban J connectivity index is 1.70. The lowest BCUT2D eigenvalue weighted by atomic mass is 10.0. The van der Waals surface area contributed by atoms with Gasteiger partial charge in [-0.05, 0) is 31.4 Å². The van der Waals surface area contributed by atoms with Crippen molar-refractivity contribution >= 4 is 34.3 Å². The lowest BCUT2D eigenvalue weighted by Gasteiger charge is -2.26. The maximum Gasteiger partial charge on any atom is 0.410 e. The van der Waals surface area contributed by atoms with E-state index in [9.17, 15) is 14.4 Å². The molecule has 0 bridgehead atoms. The Bertz CT molecular complexity index is 929. The summed E-state index contributed by atoms with van der Waals surface area (Å²) in [4.78, 5) is 39.7. The largest absolute Gasteiger partial charge is 0.462 e. The summed E-state index contributed by atoms with van der Waals surface area (Å²) in [6, 6.07) is 9.78. The molecule has 9 heteroatoms. The number of carbonyl (C=O) groups excluding carboxylic acids is 3. The summed E-state index contributed by atoms with van der Waals surface area (Å²) in [6.07, 6.45) is 0.121. The summed E-state index contributed by atoms with van der Waals surface area (Å²) in [7, 11) is 0. The van der Waals surface area contributed by atoms with Gasteiger partial charge in [-0.25, -0.2) is 9.59 Å². The maximum absolute atomic E-state index is 12.6. The molecule has 0 atom stereocenters. The number of ether oxygens (including phenoxy) is 2. The molecule has 2 aromatic rings. The molecule has 1 aliphatic heterocycles. The molecule has 8 nitrogen and oxygen atoms in total. The minimum Gasteiger partial charge on any atom is -0.462 e. The standard InChI is InChI=1S/C22H27N3O5S/c1-3-29-21(27)19-16-10-11-25(22(28)30-4-2)14-17(16)31-20(19)24-18(26)13-23-12-15-8-6-5-7-9-15/h5-9,23H,3-4,10-14H2,1-2H3,(H,24,26). The van der Waals surface area contributed by atoms with Gasteiger partial charge < -0.3 is 25.0 Å². The predicted octanol–water partition coefficient (Wildman–Crippen LogP) is 3.17. The van der Waals surface area contributed by atoms with E-state index in [-0.39, 0.29) is 25.2 Å². The number of hydrogen-bond acceptors (Lipinski definition) is 7. The number of anilines is 1. The van der Waals surface area contributed by atoms with Gasteiger partial charge in [-0.15, -0.1) is 11.3 Å². The summed E-state index contributed by atoms with van der Waals surface area (Å²) in [5, 5.41) is 6.40. The third-order valence-corrected chi connectivity index (χ3v) is 5.91. The lowest BCUT2D eigenvalue weighted by Crippen LogP contribution is -2.36. The SMILES string of the molecule is CCOC(=O)c1c(NC(=O)CNCc2ccccc2)sc2c1CCN(C(=O)OCC)C2. The molecule has 166 valence electrons. The van der Waals surface area contributed by atoms with Crippen molar-refractivity contribution in [2.24, 2.45) is 0 Å². The van der Waals surface area contributed by atoms with E-state index in [0.29, 0.717) is 43.2 Å². The average molecular weight is 446 g/mol. The number of fused-ring (bicyclic) bond motifs is 1. The second-order valence-corrected chi connectivity index (χ2v) is 8.04. The second-order valence-electron chi connectivity index (χ2n) is 6.94. The molecule has 2 amide bonds. The zero-order valence-corrected chi connectivity index (χ0v) is 18.5. The van der Waals surface area contributed by atoms with Gasteiger partial charge in [0.15, 0.2) is 0 Å². The van der Waals surface area contributed by atoms with Crippen LogP contribution in [0.1, 0.15) is 40.2 Å². The van der Waals surface area contributed by atoms with Crippen molar-refractivity contribution in [3.05, 3.63) is 51.9 Å². The third-order valence-electron chi connectivity index (χ3n) is 4.77. The molecule has 0 spiro atoms. The van der Waals surface area contributed by atoms with Crippen molar-refractivity contribution in [3.8, 4) is 0 Å². The van der Waals surface area contributed by atoms with E-state index in [4.69, 9.17) is 9.47 Å². The molecule has 1 aromatic heterocycles. The number of nitrogens with zero attached hydrogens (tertiary/aromatic N) is 1. The number of benzene rings is 1. The Kier molecular flexibility index (Phi) is 8.02. The quantitative estimate of drug-likeness (QED) is 0.606. The Morgan fingerprint density at radius 1 is 1.10 bits per heavy atom. The zero-order chi connectivity index (χ0) is 22.2. The molecule has 0 aliphatic carbocycles. The fourth-order valence-electron chi connectivity index (χ4n) is 3.37. The van der Waals surface area contributed by atoms with Crippen LogP contribution in [-0.4, -0.2) is 49.2 Å². The van der Waals surface area contributed by atoms with Crippen LogP contribution in [0.25, 0.3) is 0 Å². The number of esters is 1. The van der Waals surface area contributed by atoms with Gasteiger partial charge in [-0.1, -0.05) is 30.3 Å². The van der Waals surface area contributed by atoms with Gasteiger partial charge in [0.05, 0.1) is 31.9 Å². The van der Waals surface area contributed by atoms with E-state index in [1.165, 1.54) is 11.3 Å². The highest BCUT2D eigenvalue weighted by atomic mass is 32.1. The molecule has 0 radical (unpaired) electrons. The van der Waals surface area contributed by atoms with Crippen LogP contribution in [0, 0.1) is 0 Å². The summed E-state index contributed by atoms with van der Waals surface area (Å²) < 4.78 is 10.3. The predicted molar refractivity (Wildman–Crippen MR) is 118 cm³/mol. The first-order valence-electron chi connectivity index (χ1n) is 10.3. The molecule has 3 rings (SSSR count). The van der Waals surface area contributed by atoms with Crippen molar-refractivity contribution in [1.82, 2.24) is 10.2 Å². The normalized spacial score (nSPS) is 12.8. The summed E-state index contributed by atoms with van der Waals surface area (Å²) >= 11 is 1.30. The zero-order valence-electron chi connectivity index (χ0n) is 17.7. The van der Waals surface area contributed by atoms with Gasteiger partial charge in [-0.3, -0.25) is 4.79 Å². The van der Waals surface area contributed by atoms with Gasteiger partial charge in [-0.2, -0.15) is 0 Å². The van der Waals surface area contributed by atoms with E-state index in [1.807, 2.05) is 30.3 Å². The molecule has 31 heavy (non-hydrogen) atoms. The highest BCUT2D eigenvalue weighted by Gasteiger charge is 2.31. The van der Waals surface area contributed by atoms with Crippen molar-refractivity contribution < 1.29 is 23.9 Å². The molecule has 0 saturated heterocycles. The number of hydrogen-bond donors (Lipinski definition) is 2. The first-order chi connectivity index (χ1) is 15.0. The molecular weight excluding hydrogens is 418 g/mol. The van der Waals surface area contributed by atoms with Crippen LogP contribution in [0.15, 0.2) is 30.3 Å². The van der Waals surface area contributed by atoms with E-state index >= 15 is 0 Å². The van der Waals surface area contributed by atoms with Gasteiger partial charge >= 0.3 is 12.1 Å². The van der Waals surface area contributed by atoms with Crippen LogP contribution < -0.4 is 10.6 Å². The number of thiophene rings is 1. The van der Waals surface area contributed by atoms with Crippen LogP contribution in [0.4, 0.5) is 9.80 Å². The summed E-state index contributed by atoms with van der Waals surface area (Å²) in [6.45, 7) is 5.50. The van der Waals surface area contributed by atoms with E-state index in [2.05, 4.69) is 10.6 Å². The van der Waals surface area contributed by atoms with Crippen LogP contribution in [0.2, 0.25) is 0 Å². The molecule has 0 unspecified atom stereocenters. The van der Waals surface area contributed by atoms with Crippen LogP contribution in [0.5, 0.6) is 0 Å². The van der Waals surface area contributed by atoms with Crippen LogP contribution in [0.3, 0.4) is 0 Å². The minimum absolute atomic E-state index is 0.106. The number of amides is 2. The smallest absolute Gasteiger partial charge is 0.410 e. The number of nitrogens with one attached hydrogen (secondary N) is 2. The van der Waals surface area contributed by atoms with Gasteiger partial charge in [0.25, 0.3) is 0 Å². The van der Waals surface area contributed by atoms with E-state index in [1.54, 1.807) is 18.7 Å².